The monoisotopic (exact) mass is 290 g/mol. The lowest BCUT2D eigenvalue weighted by Crippen LogP contribution is -2.40. The molecule has 116 valence electrons. The van der Waals surface area contributed by atoms with Crippen molar-refractivity contribution in [1.29, 1.82) is 0 Å². The predicted molar refractivity (Wildman–Crippen MR) is 86.7 cm³/mol. The second-order valence-corrected chi connectivity index (χ2v) is 8.07. The first-order valence-corrected chi connectivity index (χ1v) is 7.59. The molecular formula is C17H26N2O2. The van der Waals surface area contributed by atoms with Gasteiger partial charge in [0.1, 0.15) is 0 Å². The summed E-state index contributed by atoms with van der Waals surface area (Å²) in [4.78, 5) is 10.7. The van der Waals surface area contributed by atoms with Crippen molar-refractivity contribution in [2.24, 2.45) is 10.8 Å². The topological polar surface area (TPSA) is 55.2 Å². The first kappa shape index (κ1) is 15.8. The van der Waals surface area contributed by atoms with Crippen molar-refractivity contribution in [1.82, 2.24) is 0 Å². The van der Waals surface area contributed by atoms with E-state index < -0.39 is 0 Å². The number of anilines is 1. The Morgan fingerprint density at radius 2 is 1.71 bits per heavy atom. The van der Waals surface area contributed by atoms with Gasteiger partial charge in [-0.1, -0.05) is 27.7 Å². The van der Waals surface area contributed by atoms with Crippen LogP contribution in [0.3, 0.4) is 0 Å². The summed E-state index contributed by atoms with van der Waals surface area (Å²) in [5, 5.41) is 14.5. The summed E-state index contributed by atoms with van der Waals surface area (Å²) >= 11 is 0. The van der Waals surface area contributed by atoms with Gasteiger partial charge in [-0.3, -0.25) is 10.1 Å². The van der Waals surface area contributed by atoms with E-state index in [1.54, 1.807) is 12.1 Å². The van der Waals surface area contributed by atoms with Crippen molar-refractivity contribution in [3.8, 4) is 0 Å². The molecule has 1 aromatic rings. The van der Waals surface area contributed by atoms with Gasteiger partial charge in [0.05, 0.1) is 4.92 Å². The Morgan fingerprint density at radius 3 is 2.24 bits per heavy atom. The van der Waals surface area contributed by atoms with E-state index in [0.717, 1.165) is 24.1 Å². The SMILES string of the molecule is Cc1cc(NC2CC(C)(C)CC(C)(C)C2)cc([N+](=O)[O-])c1. The molecule has 1 fully saturated rings. The largest absolute Gasteiger partial charge is 0.382 e. The van der Waals surface area contributed by atoms with E-state index in [1.165, 1.54) is 6.42 Å². The predicted octanol–water partition coefficient (Wildman–Crippen LogP) is 4.92. The molecule has 1 saturated carbocycles. The van der Waals surface area contributed by atoms with Crippen molar-refractivity contribution in [2.45, 2.75) is 59.9 Å². The molecule has 0 spiro atoms. The summed E-state index contributed by atoms with van der Waals surface area (Å²) in [5.41, 5.74) is 2.54. The second-order valence-electron chi connectivity index (χ2n) is 8.07. The van der Waals surface area contributed by atoms with E-state index in [2.05, 4.69) is 33.0 Å². The van der Waals surface area contributed by atoms with Gasteiger partial charge < -0.3 is 5.32 Å². The van der Waals surface area contributed by atoms with Crippen LogP contribution in [0.5, 0.6) is 0 Å². The summed E-state index contributed by atoms with van der Waals surface area (Å²) in [6, 6.07) is 5.61. The Morgan fingerprint density at radius 1 is 1.14 bits per heavy atom. The number of rotatable bonds is 3. The number of nitro groups is 1. The number of nitrogens with zero attached hydrogens (tertiary/aromatic N) is 1. The van der Waals surface area contributed by atoms with Crippen molar-refractivity contribution < 1.29 is 4.92 Å². The standard InChI is InChI=1S/C17H26N2O2/c1-12-6-13(8-15(7-12)19(20)21)18-14-9-16(2,3)11-17(4,5)10-14/h6-8,14,18H,9-11H2,1-5H3. The number of hydrogen-bond acceptors (Lipinski definition) is 3. The number of nitro benzene ring substituents is 1. The van der Waals surface area contributed by atoms with E-state index in [9.17, 15) is 10.1 Å². The van der Waals surface area contributed by atoms with Crippen molar-refractivity contribution in [3.05, 3.63) is 33.9 Å². The Bertz CT molecular complexity index is 534. The van der Waals surface area contributed by atoms with E-state index in [1.807, 2.05) is 13.0 Å². The van der Waals surface area contributed by atoms with Gasteiger partial charge in [0, 0.05) is 23.9 Å². The van der Waals surface area contributed by atoms with Crippen LogP contribution >= 0.6 is 0 Å². The third-order valence-electron chi connectivity index (χ3n) is 4.20. The maximum absolute atomic E-state index is 11.0. The summed E-state index contributed by atoms with van der Waals surface area (Å²) in [7, 11) is 0. The van der Waals surface area contributed by atoms with Crippen molar-refractivity contribution in [3.63, 3.8) is 0 Å². The number of hydrogen-bond donors (Lipinski definition) is 1. The number of nitrogens with one attached hydrogen (secondary N) is 1. The molecule has 4 heteroatoms. The molecule has 0 amide bonds. The average Bonchev–Trinajstić information content (AvgIpc) is 2.22. The summed E-state index contributed by atoms with van der Waals surface area (Å²) in [6.45, 7) is 11.1. The van der Waals surface area contributed by atoms with Crippen LogP contribution in [-0.4, -0.2) is 11.0 Å². The first-order valence-electron chi connectivity index (χ1n) is 7.59. The normalized spacial score (nSPS) is 21.0. The van der Waals surface area contributed by atoms with Crippen LogP contribution in [0.25, 0.3) is 0 Å². The van der Waals surface area contributed by atoms with Gasteiger partial charge in [0.25, 0.3) is 5.69 Å². The van der Waals surface area contributed by atoms with Gasteiger partial charge in [-0.2, -0.15) is 0 Å². The third kappa shape index (κ3) is 4.19. The molecule has 0 aromatic heterocycles. The third-order valence-corrected chi connectivity index (χ3v) is 4.20. The zero-order valence-electron chi connectivity index (χ0n) is 13.7. The Labute approximate surface area is 127 Å². The first-order chi connectivity index (χ1) is 9.56. The van der Waals surface area contributed by atoms with E-state index in [0.29, 0.717) is 16.9 Å². The quantitative estimate of drug-likeness (QED) is 0.635. The Hall–Kier alpha value is -1.58. The number of benzene rings is 1. The van der Waals surface area contributed by atoms with E-state index in [-0.39, 0.29) is 10.6 Å². The van der Waals surface area contributed by atoms with E-state index >= 15 is 0 Å². The molecule has 21 heavy (non-hydrogen) atoms. The fourth-order valence-electron chi connectivity index (χ4n) is 4.14. The van der Waals surface area contributed by atoms with Gasteiger partial charge >= 0.3 is 0 Å². The van der Waals surface area contributed by atoms with Crippen LogP contribution in [-0.2, 0) is 0 Å². The molecule has 0 saturated heterocycles. The maximum atomic E-state index is 11.0. The average molecular weight is 290 g/mol. The smallest absolute Gasteiger partial charge is 0.271 e. The van der Waals surface area contributed by atoms with Gasteiger partial charge in [0.2, 0.25) is 0 Å². The summed E-state index contributed by atoms with van der Waals surface area (Å²) in [6.07, 6.45) is 3.41. The van der Waals surface area contributed by atoms with Crippen molar-refractivity contribution in [2.75, 3.05) is 5.32 Å². The van der Waals surface area contributed by atoms with Crippen LogP contribution in [0.2, 0.25) is 0 Å². The molecule has 1 N–H and O–H groups in total. The molecule has 1 aliphatic rings. The van der Waals surface area contributed by atoms with Crippen LogP contribution in [0.4, 0.5) is 11.4 Å². The lowest BCUT2D eigenvalue weighted by Gasteiger charge is -2.45. The molecule has 0 atom stereocenters. The maximum Gasteiger partial charge on any atom is 0.271 e. The molecule has 2 rings (SSSR count). The minimum Gasteiger partial charge on any atom is -0.382 e. The van der Waals surface area contributed by atoms with Crippen LogP contribution < -0.4 is 5.32 Å². The van der Waals surface area contributed by atoms with Gasteiger partial charge in [-0.25, -0.2) is 0 Å². The lowest BCUT2D eigenvalue weighted by atomic mass is 9.63. The van der Waals surface area contributed by atoms with Crippen LogP contribution in [0.15, 0.2) is 18.2 Å². The molecule has 0 bridgehead atoms. The fraction of sp³-hybridized carbons (Fsp3) is 0.647. The van der Waals surface area contributed by atoms with Gasteiger partial charge in [-0.15, -0.1) is 0 Å². The number of aryl methyl sites for hydroxylation is 1. The highest BCUT2D eigenvalue weighted by atomic mass is 16.6. The highest BCUT2D eigenvalue weighted by Crippen LogP contribution is 2.46. The lowest BCUT2D eigenvalue weighted by molar-refractivity contribution is -0.384. The van der Waals surface area contributed by atoms with Crippen LogP contribution in [0, 0.1) is 27.9 Å². The molecule has 1 aliphatic carbocycles. The second kappa shape index (κ2) is 5.32. The Balaban J connectivity index is 2.19. The zero-order valence-corrected chi connectivity index (χ0v) is 13.7. The fourth-order valence-corrected chi connectivity index (χ4v) is 4.14. The molecule has 0 heterocycles. The zero-order chi connectivity index (χ0) is 15.8. The highest BCUT2D eigenvalue weighted by Gasteiger charge is 2.38. The summed E-state index contributed by atoms with van der Waals surface area (Å²) in [5.74, 6) is 0. The minimum absolute atomic E-state index is 0.159. The molecule has 0 aliphatic heterocycles. The minimum atomic E-state index is -0.326. The Kier molecular flexibility index (Phi) is 4.00. The molecule has 1 aromatic carbocycles. The molecule has 0 radical (unpaired) electrons. The number of non-ortho nitro benzene ring substituents is 1. The van der Waals surface area contributed by atoms with Crippen LogP contribution in [0.1, 0.15) is 52.5 Å². The molecular weight excluding hydrogens is 264 g/mol. The van der Waals surface area contributed by atoms with E-state index in [4.69, 9.17) is 0 Å². The van der Waals surface area contributed by atoms with Crippen molar-refractivity contribution >= 4 is 11.4 Å². The highest BCUT2D eigenvalue weighted by molar-refractivity contribution is 5.54. The van der Waals surface area contributed by atoms with Gasteiger partial charge in [0.15, 0.2) is 0 Å². The summed E-state index contributed by atoms with van der Waals surface area (Å²) < 4.78 is 0. The molecule has 0 unspecified atom stereocenters. The van der Waals surface area contributed by atoms with Gasteiger partial charge in [-0.05, 0) is 48.6 Å². The molecule has 4 nitrogen and oxygen atoms in total.